The Bertz CT molecular complexity index is 408. The van der Waals surface area contributed by atoms with Crippen LogP contribution in [0.4, 0.5) is 5.82 Å². The number of anilines is 1. The molecule has 0 amide bonds. The number of nitrogens with zero attached hydrogens (tertiary/aromatic N) is 2. The molecule has 6 heteroatoms. The van der Waals surface area contributed by atoms with E-state index >= 15 is 0 Å². The number of carbonyl (C=O) groups is 1. The van der Waals surface area contributed by atoms with Crippen LogP contribution in [0.5, 0.6) is 0 Å². The lowest BCUT2D eigenvalue weighted by Crippen LogP contribution is -2.32. The van der Waals surface area contributed by atoms with E-state index in [2.05, 4.69) is 27.2 Å². The Balaban J connectivity index is 1.95. The van der Waals surface area contributed by atoms with Gasteiger partial charge >= 0.3 is 5.97 Å². The quantitative estimate of drug-likeness (QED) is 0.815. The minimum atomic E-state index is -0.478. The third-order valence-corrected chi connectivity index (χ3v) is 2.90. The van der Waals surface area contributed by atoms with Gasteiger partial charge in [-0.25, -0.2) is 4.79 Å². The third-order valence-electron chi connectivity index (χ3n) is 2.90. The standard InChI is InChI=1S/C12H17N3O3/c1-8-7-9(5-6-18-8)13-11-4-3-10(14-15-11)12(16)17-2/h3-4,8-9H,5-7H2,1-2H3,(H,13,15). The van der Waals surface area contributed by atoms with E-state index in [1.807, 2.05) is 0 Å². The van der Waals surface area contributed by atoms with Crippen LogP contribution in [0.2, 0.25) is 0 Å². The van der Waals surface area contributed by atoms with Crippen LogP contribution in [0.25, 0.3) is 0 Å². The van der Waals surface area contributed by atoms with Crippen LogP contribution < -0.4 is 5.32 Å². The molecule has 0 aromatic carbocycles. The summed E-state index contributed by atoms with van der Waals surface area (Å²) >= 11 is 0. The van der Waals surface area contributed by atoms with E-state index in [0.717, 1.165) is 19.4 Å². The molecule has 1 aliphatic heterocycles. The molecule has 0 aliphatic carbocycles. The molecule has 2 unspecified atom stereocenters. The van der Waals surface area contributed by atoms with Crippen LogP contribution >= 0.6 is 0 Å². The van der Waals surface area contributed by atoms with E-state index in [-0.39, 0.29) is 11.8 Å². The van der Waals surface area contributed by atoms with Gasteiger partial charge in [-0.15, -0.1) is 10.2 Å². The highest BCUT2D eigenvalue weighted by Crippen LogP contribution is 2.17. The molecule has 0 spiro atoms. The Morgan fingerprint density at radius 2 is 2.33 bits per heavy atom. The molecule has 1 N–H and O–H groups in total. The highest BCUT2D eigenvalue weighted by Gasteiger charge is 2.19. The number of nitrogens with one attached hydrogen (secondary N) is 1. The molecular formula is C12H17N3O3. The normalized spacial score (nSPS) is 23.4. The van der Waals surface area contributed by atoms with Crippen LogP contribution in [-0.4, -0.2) is 42.0 Å². The fourth-order valence-corrected chi connectivity index (χ4v) is 1.96. The zero-order chi connectivity index (χ0) is 13.0. The molecule has 0 saturated carbocycles. The zero-order valence-electron chi connectivity index (χ0n) is 10.5. The summed E-state index contributed by atoms with van der Waals surface area (Å²) in [4.78, 5) is 11.2. The summed E-state index contributed by atoms with van der Waals surface area (Å²) in [5, 5.41) is 11.1. The van der Waals surface area contributed by atoms with E-state index in [1.54, 1.807) is 12.1 Å². The van der Waals surface area contributed by atoms with Gasteiger partial charge in [0.25, 0.3) is 0 Å². The lowest BCUT2D eigenvalue weighted by Gasteiger charge is -2.28. The predicted molar refractivity (Wildman–Crippen MR) is 65.4 cm³/mol. The number of aromatic nitrogens is 2. The Hall–Kier alpha value is -1.69. The van der Waals surface area contributed by atoms with Crippen molar-refractivity contribution in [3.8, 4) is 0 Å². The van der Waals surface area contributed by atoms with Gasteiger partial charge in [0.05, 0.1) is 13.2 Å². The number of esters is 1. The fraction of sp³-hybridized carbons (Fsp3) is 0.583. The van der Waals surface area contributed by atoms with Gasteiger partial charge in [-0.2, -0.15) is 0 Å². The lowest BCUT2D eigenvalue weighted by molar-refractivity contribution is 0.0231. The van der Waals surface area contributed by atoms with Crippen LogP contribution in [0, 0.1) is 0 Å². The first kappa shape index (κ1) is 12.8. The van der Waals surface area contributed by atoms with E-state index in [1.165, 1.54) is 7.11 Å². The minimum absolute atomic E-state index is 0.211. The number of methoxy groups -OCH3 is 1. The minimum Gasteiger partial charge on any atom is -0.464 e. The van der Waals surface area contributed by atoms with Crippen LogP contribution in [0.1, 0.15) is 30.3 Å². The van der Waals surface area contributed by atoms with Crippen LogP contribution in [0.3, 0.4) is 0 Å². The number of hydrogen-bond acceptors (Lipinski definition) is 6. The molecule has 6 nitrogen and oxygen atoms in total. The fourth-order valence-electron chi connectivity index (χ4n) is 1.96. The number of carbonyl (C=O) groups excluding carboxylic acids is 1. The molecule has 2 heterocycles. The summed E-state index contributed by atoms with van der Waals surface area (Å²) in [5.41, 5.74) is 0.211. The van der Waals surface area contributed by atoms with Gasteiger partial charge in [0.2, 0.25) is 0 Å². The SMILES string of the molecule is COC(=O)c1ccc(NC2CCOC(C)C2)nn1. The van der Waals surface area contributed by atoms with Gasteiger partial charge in [0, 0.05) is 12.6 Å². The Morgan fingerprint density at radius 1 is 1.50 bits per heavy atom. The number of ether oxygens (including phenoxy) is 2. The van der Waals surface area contributed by atoms with Crippen molar-refractivity contribution in [2.75, 3.05) is 19.0 Å². The van der Waals surface area contributed by atoms with Crippen molar-refractivity contribution in [2.24, 2.45) is 0 Å². The summed E-state index contributed by atoms with van der Waals surface area (Å²) in [6.45, 7) is 2.81. The molecule has 0 bridgehead atoms. The predicted octanol–water partition coefficient (Wildman–Crippen LogP) is 1.24. The van der Waals surface area contributed by atoms with Crippen molar-refractivity contribution in [3.05, 3.63) is 17.8 Å². The van der Waals surface area contributed by atoms with Crippen molar-refractivity contribution >= 4 is 11.8 Å². The Morgan fingerprint density at radius 3 is 2.94 bits per heavy atom. The highest BCUT2D eigenvalue weighted by molar-refractivity contribution is 5.86. The molecule has 98 valence electrons. The molecule has 1 fully saturated rings. The maximum absolute atomic E-state index is 11.2. The molecule has 18 heavy (non-hydrogen) atoms. The Labute approximate surface area is 106 Å². The summed E-state index contributed by atoms with van der Waals surface area (Å²) in [6, 6.07) is 3.68. The molecule has 1 aliphatic rings. The summed E-state index contributed by atoms with van der Waals surface area (Å²) in [5.74, 6) is 0.190. The first-order chi connectivity index (χ1) is 8.69. The van der Waals surface area contributed by atoms with E-state index in [9.17, 15) is 4.79 Å². The third kappa shape index (κ3) is 3.16. The smallest absolute Gasteiger partial charge is 0.358 e. The number of rotatable bonds is 3. The zero-order valence-corrected chi connectivity index (χ0v) is 10.5. The number of hydrogen-bond donors (Lipinski definition) is 1. The summed E-state index contributed by atoms with van der Waals surface area (Å²) < 4.78 is 10.0. The summed E-state index contributed by atoms with van der Waals surface area (Å²) in [6.07, 6.45) is 2.16. The monoisotopic (exact) mass is 251 g/mol. The van der Waals surface area contributed by atoms with Crippen molar-refractivity contribution in [1.29, 1.82) is 0 Å². The van der Waals surface area contributed by atoms with Crippen molar-refractivity contribution < 1.29 is 14.3 Å². The average molecular weight is 251 g/mol. The average Bonchev–Trinajstić information content (AvgIpc) is 2.39. The van der Waals surface area contributed by atoms with Gasteiger partial charge in [-0.1, -0.05) is 0 Å². The topological polar surface area (TPSA) is 73.3 Å². The maximum atomic E-state index is 11.2. The molecule has 2 rings (SSSR count). The molecule has 0 radical (unpaired) electrons. The molecular weight excluding hydrogens is 234 g/mol. The van der Waals surface area contributed by atoms with Crippen LogP contribution in [0.15, 0.2) is 12.1 Å². The first-order valence-corrected chi connectivity index (χ1v) is 5.99. The van der Waals surface area contributed by atoms with Gasteiger partial charge < -0.3 is 14.8 Å². The largest absolute Gasteiger partial charge is 0.464 e. The van der Waals surface area contributed by atoms with E-state index < -0.39 is 5.97 Å². The lowest BCUT2D eigenvalue weighted by atomic mass is 10.0. The highest BCUT2D eigenvalue weighted by atomic mass is 16.5. The van der Waals surface area contributed by atoms with Crippen molar-refractivity contribution in [1.82, 2.24) is 10.2 Å². The van der Waals surface area contributed by atoms with Crippen molar-refractivity contribution in [2.45, 2.75) is 31.9 Å². The van der Waals surface area contributed by atoms with Gasteiger partial charge in [0.15, 0.2) is 5.69 Å². The Kier molecular flexibility index (Phi) is 4.09. The van der Waals surface area contributed by atoms with Gasteiger partial charge in [0.1, 0.15) is 5.82 Å². The maximum Gasteiger partial charge on any atom is 0.358 e. The molecule has 2 atom stereocenters. The second kappa shape index (κ2) is 5.77. The van der Waals surface area contributed by atoms with Crippen LogP contribution in [-0.2, 0) is 9.47 Å². The molecule has 1 saturated heterocycles. The van der Waals surface area contributed by atoms with E-state index in [0.29, 0.717) is 11.9 Å². The van der Waals surface area contributed by atoms with Gasteiger partial charge in [-0.3, -0.25) is 0 Å². The second-order valence-electron chi connectivity index (χ2n) is 4.34. The van der Waals surface area contributed by atoms with Crippen molar-refractivity contribution in [3.63, 3.8) is 0 Å². The first-order valence-electron chi connectivity index (χ1n) is 5.99. The second-order valence-corrected chi connectivity index (χ2v) is 4.34. The molecule has 1 aromatic rings. The molecule has 1 aromatic heterocycles. The summed E-state index contributed by atoms with van der Waals surface area (Å²) in [7, 11) is 1.32. The van der Waals surface area contributed by atoms with E-state index in [4.69, 9.17) is 4.74 Å². The van der Waals surface area contributed by atoms with Gasteiger partial charge in [-0.05, 0) is 31.9 Å².